The van der Waals surface area contributed by atoms with Crippen LogP contribution in [-0.4, -0.2) is 24.1 Å². The monoisotopic (exact) mass is 348 g/mol. The van der Waals surface area contributed by atoms with Crippen LogP contribution < -0.4 is 0 Å². The van der Waals surface area contributed by atoms with Crippen LogP contribution in [-0.2, 0) is 19.1 Å². The summed E-state index contributed by atoms with van der Waals surface area (Å²) >= 11 is 0. The Hall–Kier alpha value is -1.06. The fourth-order valence-corrected chi connectivity index (χ4v) is 6.94. The van der Waals surface area contributed by atoms with Crippen molar-refractivity contribution in [2.45, 2.75) is 71.8 Å². The predicted octanol–water partition coefficient (Wildman–Crippen LogP) is 3.97. The smallest absolute Gasteiger partial charge is 0.312 e. The molecule has 0 heterocycles. The molecule has 7 unspecified atom stereocenters. The van der Waals surface area contributed by atoms with E-state index < -0.39 is 5.60 Å². The lowest BCUT2D eigenvalue weighted by atomic mass is 9.61. The first-order chi connectivity index (χ1) is 11.7. The molecule has 0 amide bonds. The summed E-state index contributed by atoms with van der Waals surface area (Å²) in [5.74, 6) is 4.32. The Balaban J connectivity index is 1.33. The van der Waals surface area contributed by atoms with Gasteiger partial charge in [0, 0.05) is 0 Å². The van der Waals surface area contributed by atoms with E-state index in [1.54, 1.807) is 0 Å². The third-order valence-corrected chi connectivity index (χ3v) is 7.54. The van der Waals surface area contributed by atoms with E-state index in [1.165, 1.54) is 25.7 Å². The molecule has 4 fully saturated rings. The predicted molar refractivity (Wildman–Crippen MR) is 93.6 cm³/mol. The van der Waals surface area contributed by atoms with E-state index in [4.69, 9.17) is 9.47 Å². The van der Waals surface area contributed by atoms with Crippen molar-refractivity contribution in [3.05, 3.63) is 0 Å². The van der Waals surface area contributed by atoms with Gasteiger partial charge in [-0.25, -0.2) is 0 Å². The SMILES string of the molecule is CC(C)(C)OC(=O)CCOC(=O)C1(C)CC2CC1C1C3CCC(C3)C21. The fourth-order valence-electron chi connectivity index (χ4n) is 6.94. The van der Waals surface area contributed by atoms with Gasteiger partial charge in [0.05, 0.1) is 11.8 Å². The van der Waals surface area contributed by atoms with Gasteiger partial charge in [-0.1, -0.05) is 0 Å². The van der Waals surface area contributed by atoms with Crippen LogP contribution in [0.15, 0.2) is 0 Å². The molecule has 4 nitrogen and oxygen atoms in total. The number of carbonyl (C=O) groups excluding carboxylic acids is 2. The molecule has 4 bridgehead atoms. The average Bonchev–Trinajstić information content (AvgIpc) is 3.22. The van der Waals surface area contributed by atoms with Crippen LogP contribution in [0.25, 0.3) is 0 Å². The minimum Gasteiger partial charge on any atom is -0.465 e. The molecule has 0 N–H and O–H groups in total. The van der Waals surface area contributed by atoms with E-state index in [-0.39, 0.29) is 30.4 Å². The van der Waals surface area contributed by atoms with Crippen molar-refractivity contribution in [3.8, 4) is 0 Å². The Labute approximate surface area is 151 Å². The summed E-state index contributed by atoms with van der Waals surface area (Å²) < 4.78 is 10.8. The molecule has 4 aliphatic carbocycles. The summed E-state index contributed by atoms with van der Waals surface area (Å²) in [4.78, 5) is 24.6. The van der Waals surface area contributed by atoms with Crippen LogP contribution in [0.5, 0.6) is 0 Å². The highest BCUT2D eigenvalue weighted by molar-refractivity contribution is 5.78. The summed E-state index contributed by atoms with van der Waals surface area (Å²) in [6.45, 7) is 7.80. The largest absolute Gasteiger partial charge is 0.465 e. The first-order valence-corrected chi connectivity index (χ1v) is 10.1. The van der Waals surface area contributed by atoms with Crippen LogP contribution in [0.4, 0.5) is 0 Å². The van der Waals surface area contributed by atoms with Gasteiger partial charge in [-0.15, -0.1) is 0 Å². The zero-order chi connectivity index (χ0) is 18.0. The number of esters is 2. The van der Waals surface area contributed by atoms with Gasteiger partial charge in [-0.3, -0.25) is 9.59 Å². The highest BCUT2D eigenvalue weighted by atomic mass is 16.6. The van der Waals surface area contributed by atoms with Gasteiger partial charge in [0.25, 0.3) is 0 Å². The number of fused-ring (bicyclic) bond motifs is 9. The summed E-state index contributed by atoms with van der Waals surface area (Å²) in [5, 5.41) is 0. The van der Waals surface area contributed by atoms with Crippen molar-refractivity contribution in [1.82, 2.24) is 0 Å². The molecule has 140 valence electrons. The topological polar surface area (TPSA) is 52.6 Å². The van der Waals surface area contributed by atoms with E-state index in [2.05, 4.69) is 6.92 Å². The maximum atomic E-state index is 12.8. The van der Waals surface area contributed by atoms with Crippen LogP contribution in [0.1, 0.15) is 66.2 Å². The zero-order valence-electron chi connectivity index (χ0n) is 16.0. The van der Waals surface area contributed by atoms with Crippen LogP contribution >= 0.6 is 0 Å². The summed E-state index contributed by atoms with van der Waals surface area (Å²) in [6, 6.07) is 0. The van der Waals surface area contributed by atoms with E-state index in [0.29, 0.717) is 5.92 Å². The minimum absolute atomic E-state index is 0.0789. The van der Waals surface area contributed by atoms with Crippen molar-refractivity contribution in [1.29, 1.82) is 0 Å². The molecule has 0 saturated heterocycles. The highest BCUT2D eigenvalue weighted by Gasteiger charge is 2.67. The number of hydrogen-bond acceptors (Lipinski definition) is 4. The molecular weight excluding hydrogens is 316 g/mol. The van der Waals surface area contributed by atoms with E-state index in [1.807, 2.05) is 20.8 Å². The summed E-state index contributed by atoms with van der Waals surface area (Å²) in [7, 11) is 0. The van der Waals surface area contributed by atoms with Gasteiger partial charge in [0.2, 0.25) is 0 Å². The first-order valence-electron chi connectivity index (χ1n) is 10.1. The highest BCUT2D eigenvalue weighted by Crippen LogP contribution is 2.71. The maximum absolute atomic E-state index is 12.8. The Morgan fingerprint density at radius 1 is 1.04 bits per heavy atom. The van der Waals surface area contributed by atoms with Crippen molar-refractivity contribution >= 4 is 11.9 Å². The molecule has 0 aliphatic heterocycles. The van der Waals surface area contributed by atoms with Crippen LogP contribution in [0.2, 0.25) is 0 Å². The summed E-state index contributed by atoms with van der Waals surface area (Å²) in [5.41, 5.74) is -0.821. The van der Waals surface area contributed by atoms with Crippen LogP contribution in [0, 0.1) is 40.9 Å². The number of hydrogen-bond donors (Lipinski definition) is 0. The second kappa shape index (κ2) is 5.72. The molecule has 0 aromatic carbocycles. The molecule has 0 aromatic heterocycles. The van der Waals surface area contributed by atoms with E-state index in [0.717, 1.165) is 36.0 Å². The van der Waals surface area contributed by atoms with Crippen molar-refractivity contribution in [2.75, 3.05) is 6.61 Å². The first kappa shape index (κ1) is 17.4. The lowest BCUT2D eigenvalue weighted by Gasteiger charge is -2.43. The summed E-state index contributed by atoms with van der Waals surface area (Å²) in [6.07, 6.45) is 6.56. The lowest BCUT2D eigenvalue weighted by molar-refractivity contribution is -0.164. The molecular formula is C21H32O4. The second-order valence-electron chi connectivity index (χ2n) is 10.2. The van der Waals surface area contributed by atoms with Gasteiger partial charge in [0.15, 0.2) is 0 Å². The normalized spacial score (nSPS) is 44.0. The Morgan fingerprint density at radius 3 is 2.40 bits per heavy atom. The molecule has 7 atom stereocenters. The number of ether oxygens (including phenoxy) is 2. The number of rotatable bonds is 4. The Bertz CT molecular complexity index is 577. The third-order valence-electron chi connectivity index (χ3n) is 7.54. The molecule has 25 heavy (non-hydrogen) atoms. The fraction of sp³-hybridized carbons (Fsp3) is 0.905. The van der Waals surface area contributed by atoms with Crippen molar-refractivity contribution < 1.29 is 19.1 Å². The van der Waals surface area contributed by atoms with Crippen LogP contribution in [0.3, 0.4) is 0 Å². The van der Waals surface area contributed by atoms with Gasteiger partial charge < -0.3 is 9.47 Å². The van der Waals surface area contributed by atoms with Gasteiger partial charge in [-0.2, -0.15) is 0 Å². The molecule has 4 rings (SSSR count). The Morgan fingerprint density at radius 2 is 1.72 bits per heavy atom. The third kappa shape index (κ3) is 2.80. The number of carbonyl (C=O) groups is 2. The zero-order valence-corrected chi connectivity index (χ0v) is 16.0. The second-order valence-corrected chi connectivity index (χ2v) is 10.2. The molecule has 0 radical (unpaired) electrons. The Kier molecular flexibility index (Phi) is 3.97. The molecule has 4 aliphatic rings. The standard InChI is InChI=1S/C21H32O4/c1-20(2,3)25-16(22)7-8-24-19(23)21(4)11-14-10-15(21)18-13-6-5-12(9-13)17(14)18/h12-15,17-18H,5-11H2,1-4H3. The van der Waals surface area contributed by atoms with E-state index >= 15 is 0 Å². The van der Waals surface area contributed by atoms with E-state index in [9.17, 15) is 9.59 Å². The average molecular weight is 348 g/mol. The molecule has 0 aromatic rings. The van der Waals surface area contributed by atoms with Crippen molar-refractivity contribution in [2.24, 2.45) is 40.9 Å². The quantitative estimate of drug-likeness (QED) is 0.570. The van der Waals surface area contributed by atoms with Crippen molar-refractivity contribution in [3.63, 3.8) is 0 Å². The maximum Gasteiger partial charge on any atom is 0.312 e. The van der Waals surface area contributed by atoms with Gasteiger partial charge in [0.1, 0.15) is 12.2 Å². The lowest BCUT2D eigenvalue weighted by Crippen LogP contribution is -2.43. The molecule has 4 saturated carbocycles. The van der Waals surface area contributed by atoms with Gasteiger partial charge in [-0.05, 0) is 95.3 Å². The minimum atomic E-state index is -0.492. The molecule has 0 spiro atoms. The van der Waals surface area contributed by atoms with Gasteiger partial charge >= 0.3 is 11.9 Å². The molecule has 4 heteroatoms.